The Kier molecular flexibility index (Phi) is 8.74. The molecule has 1 heterocycles. The van der Waals surface area contributed by atoms with E-state index in [0.717, 1.165) is 0 Å². The highest BCUT2D eigenvalue weighted by Gasteiger charge is 2.52. The maximum Gasteiger partial charge on any atom is 0.302 e. The van der Waals surface area contributed by atoms with Gasteiger partial charge in [-0.15, -0.1) is 0 Å². The number of likely N-dealkylation sites (N-methyl/N-ethyl adjacent to an activating group) is 1. The van der Waals surface area contributed by atoms with Crippen LogP contribution in [-0.2, 0) is 20.9 Å². The van der Waals surface area contributed by atoms with Crippen molar-refractivity contribution in [2.45, 2.75) is 50.7 Å². The van der Waals surface area contributed by atoms with Crippen LogP contribution in [-0.4, -0.2) is 89.2 Å². The number of hydrogen-bond donors (Lipinski definition) is 6. The molecule has 1 aliphatic heterocycles. The molecule has 0 unspecified atom stereocenters. The number of carbonyl (C=O) groups excluding carboxylic acids is 2. The predicted molar refractivity (Wildman–Crippen MR) is 107 cm³/mol. The van der Waals surface area contributed by atoms with Gasteiger partial charge in [-0.05, 0) is 31.7 Å². The molecule has 0 spiro atoms. The molecule has 1 aromatic carbocycles. The number of carbonyl (C=O) groups is 2. The van der Waals surface area contributed by atoms with Crippen molar-refractivity contribution >= 4 is 11.9 Å². The van der Waals surface area contributed by atoms with Crippen molar-refractivity contribution in [1.29, 1.82) is 0 Å². The van der Waals surface area contributed by atoms with E-state index in [2.05, 4.69) is 10.6 Å². The number of hydrogen-bond acceptors (Lipinski definition) is 10. The monoisotopic (exact) mass is 442 g/mol. The first-order chi connectivity index (χ1) is 14.6. The normalized spacial score (nSPS) is 28.1. The minimum atomic E-state index is -1.91. The molecule has 0 aromatic heterocycles. The smallest absolute Gasteiger partial charge is 0.302 e. The second-order valence-electron chi connectivity index (χ2n) is 7.43. The summed E-state index contributed by atoms with van der Waals surface area (Å²) < 4.78 is 16.1. The highest BCUT2D eigenvalue weighted by molar-refractivity contribution is 5.97. The van der Waals surface area contributed by atoms with E-state index >= 15 is 0 Å². The van der Waals surface area contributed by atoms with E-state index < -0.39 is 48.7 Å². The van der Waals surface area contributed by atoms with Gasteiger partial charge in [0.2, 0.25) is 6.29 Å². The summed E-state index contributed by atoms with van der Waals surface area (Å²) in [6.45, 7) is 2.67. The van der Waals surface area contributed by atoms with E-state index in [4.69, 9.17) is 14.2 Å². The zero-order chi connectivity index (χ0) is 23.2. The Labute approximate surface area is 179 Å². The molecule has 5 atom stereocenters. The largest absolute Gasteiger partial charge is 0.461 e. The molecule has 11 nitrogen and oxygen atoms in total. The van der Waals surface area contributed by atoms with Crippen molar-refractivity contribution < 1.29 is 44.2 Å². The summed E-state index contributed by atoms with van der Waals surface area (Å²) in [5.74, 6) is -0.926. The molecule has 1 aliphatic rings. The number of aliphatic hydroxyl groups is 4. The summed E-state index contributed by atoms with van der Waals surface area (Å²) in [4.78, 5) is 23.8. The van der Waals surface area contributed by atoms with E-state index in [1.54, 1.807) is 13.1 Å². The first kappa shape index (κ1) is 25.0. The Morgan fingerprint density at radius 3 is 2.58 bits per heavy atom. The van der Waals surface area contributed by atoms with Crippen LogP contribution in [0.2, 0.25) is 0 Å². The fourth-order valence-electron chi connectivity index (χ4n) is 3.04. The molecular weight excluding hydrogens is 412 g/mol. The molecule has 0 aliphatic carbocycles. The van der Waals surface area contributed by atoms with Gasteiger partial charge in [0.1, 0.15) is 36.3 Å². The van der Waals surface area contributed by atoms with Crippen LogP contribution in [0.1, 0.15) is 29.8 Å². The third kappa shape index (κ3) is 6.12. The third-order valence-electron chi connectivity index (χ3n) is 4.95. The minimum absolute atomic E-state index is 0.0306. The molecule has 1 saturated heterocycles. The van der Waals surface area contributed by atoms with Gasteiger partial charge in [0.25, 0.3) is 5.91 Å². The Morgan fingerprint density at radius 2 is 1.97 bits per heavy atom. The molecule has 174 valence electrons. The van der Waals surface area contributed by atoms with Crippen LogP contribution in [0.3, 0.4) is 0 Å². The number of benzene rings is 1. The van der Waals surface area contributed by atoms with Crippen molar-refractivity contribution in [3.8, 4) is 5.75 Å². The maximum absolute atomic E-state index is 12.7. The van der Waals surface area contributed by atoms with Gasteiger partial charge in [-0.25, -0.2) is 0 Å². The standard InChI is InChI=1S/C20H30N2O9/c1-11(24)29-10-12-4-5-14(13(8-12)18(27)22-7-6-21-3)30-19-16(25)17(26)20(2,28)15(9-23)31-19/h4-5,8,15-17,19,21,23,25-26,28H,6-7,9-10H2,1-3H3,(H,22,27)/t15-,16-,17-,19-,20+/m1/s1. The zero-order valence-electron chi connectivity index (χ0n) is 17.7. The highest BCUT2D eigenvalue weighted by Crippen LogP contribution is 2.32. The lowest BCUT2D eigenvalue weighted by Crippen LogP contribution is -2.66. The number of aliphatic hydroxyl groups excluding tert-OH is 3. The minimum Gasteiger partial charge on any atom is -0.461 e. The lowest BCUT2D eigenvalue weighted by atomic mass is 9.86. The van der Waals surface area contributed by atoms with Crippen molar-refractivity contribution in [2.24, 2.45) is 0 Å². The van der Waals surface area contributed by atoms with Crippen LogP contribution in [0.4, 0.5) is 0 Å². The molecule has 1 fully saturated rings. The molecule has 11 heteroatoms. The van der Waals surface area contributed by atoms with E-state index in [1.807, 2.05) is 0 Å². The number of esters is 1. The summed E-state index contributed by atoms with van der Waals surface area (Å²) in [7, 11) is 1.74. The maximum atomic E-state index is 12.7. The number of rotatable bonds is 9. The molecule has 6 N–H and O–H groups in total. The average molecular weight is 442 g/mol. The van der Waals surface area contributed by atoms with Crippen molar-refractivity contribution in [3.05, 3.63) is 29.3 Å². The summed E-state index contributed by atoms with van der Waals surface area (Å²) >= 11 is 0. The first-order valence-corrected chi connectivity index (χ1v) is 9.82. The second-order valence-corrected chi connectivity index (χ2v) is 7.43. The van der Waals surface area contributed by atoms with Gasteiger partial charge in [-0.3, -0.25) is 9.59 Å². The summed E-state index contributed by atoms with van der Waals surface area (Å²) in [5.41, 5.74) is -1.29. The van der Waals surface area contributed by atoms with E-state index in [0.29, 0.717) is 18.7 Å². The van der Waals surface area contributed by atoms with Crippen molar-refractivity contribution in [1.82, 2.24) is 10.6 Å². The quantitative estimate of drug-likeness (QED) is 0.191. The van der Waals surface area contributed by atoms with E-state index in [-0.39, 0.29) is 17.9 Å². The van der Waals surface area contributed by atoms with Crippen LogP contribution >= 0.6 is 0 Å². The second kappa shape index (κ2) is 10.8. The highest BCUT2D eigenvalue weighted by atomic mass is 16.7. The zero-order valence-corrected chi connectivity index (χ0v) is 17.7. The predicted octanol–water partition coefficient (Wildman–Crippen LogP) is -1.73. The summed E-state index contributed by atoms with van der Waals surface area (Å²) in [6, 6.07) is 4.47. The molecule has 0 radical (unpaired) electrons. The molecule has 0 saturated carbocycles. The topological polar surface area (TPSA) is 167 Å². The Bertz CT molecular complexity index is 767. The van der Waals surface area contributed by atoms with Gasteiger partial charge < -0.3 is 45.3 Å². The first-order valence-electron chi connectivity index (χ1n) is 9.82. The third-order valence-corrected chi connectivity index (χ3v) is 4.95. The SMILES string of the molecule is CNCCNC(=O)c1cc(COC(C)=O)ccc1O[C@@H]1O[C@H](CO)[C@](C)(O)[C@H](O)[C@H]1O. The van der Waals surface area contributed by atoms with Crippen molar-refractivity contribution in [2.75, 3.05) is 26.7 Å². The Morgan fingerprint density at radius 1 is 1.26 bits per heavy atom. The average Bonchev–Trinajstić information content (AvgIpc) is 2.73. The van der Waals surface area contributed by atoms with Gasteiger partial charge in [0.05, 0.1) is 12.2 Å². The van der Waals surface area contributed by atoms with Gasteiger partial charge in [-0.2, -0.15) is 0 Å². The molecule has 31 heavy (non-hydrogen) atoms. The van der Waals surface area contributed by atoms with Gasteiger partial charge >= 0.3 is 5.97 Å². The lowest BCUT2D eigenvalue weighted by molar-refractivity contribution is -0.308. The molecule has 1 amide bonds. The van der Waals surface area contributed by atoms with Crippen LogP contribution in [0.25, 0.3) is 0 Å². The molecule has 1 aromatic rings. The molecule has 0 bridgehead atoms. The fourth-order valence-corrected chi connectivity index (χ4v) is 3.04. The number of amides is 1. The number of ether oxygens (including phenoxy) is 3. The van der Waals surface area contributed by atoms with Gasteiger partial charge in [0, 0.05) is 20.0 Å². The van der Waals surface area contributed by atoms with Crippen LogP contribution in [0.5, 0.6) is 5.75 Å². The Balaban J connectivity index is 2.28. The Hall–Kier alpha value is -2.28. The van der Waals surface area contributed by atoms with Crippen LogP contribution in [0, 0.1) is 0 Å². The lowest BCUT2D eigenvalue weighted by Gasteiger charge is -2.45. The van der Waals surface area contributed by atoms with Gasteiger partial charge in [-0.1, -0.05) is 6.07 Å². The summed E-state index contributed by atoms with van der Waals surface area (Å²) in [6.07, 6.45) is -6.01. The van der Waals surface area contributed by atoms with Crippen LogP contribution in [0.15, 0.2) is 18.2 Å². The summed E-state index contributed by atoms with van der Waals surface area (Å²) in [5, 5.41) is 45.9. The van der Waals surface area contributed by atoms with Crippen molar-refractivity contribution in [3.63, 3.8) is 0 Å². The fraction of sp³-hybridized carbons (Fsp3) is 0.600. The van der Waals surface area contributed by atoms with E-state index in [9.17, 15) is 30.0 Å². The number of nitrogens with one attached hydrogen (secondary N) is 2. The van der Waals surface area contributed by atoms with E-state index in [1.165, 1.54) is 26.0 Å². The molecular formula is C20H30N2O9. The van der Waals surface area contributed by atoms with Gasteiger partial charge in [0.15, 0.2) is 0 Å². The molecule has 2 rings (SSSR count). The van der Waals surface area contributed by atoms with Crippen LogP contribution < -0.4 is 15.4 Å².